The molecule has 0 radical (unpaired) electrons. The molecule has 1 aromatic carbocycles. The van der Waals surface area contributed by atoms with Crippen LogP contribution >= 0.6 is 11.3 Å². The summed E-state index contributed by atoms with van der Waals surface area (Å²) in [6, 6.07) is 6.17. The van der Waals surface area contributed by atoms with Gasteiger partial charge in [-0.2, -0.15) is 0 Å². The minimum Gasteiger partial charge on any atom is -0.497 e. The van der Waals surface area contributed by atoms with Gasteiger partial charge < -0.3 is 10.5 Å². The van der Waals surface area contributed by atoms with Gasteiger partial charge in [-0.25, -0.2) is 0 Å². The van der Waals surface area contributed by atoms with Crippen molar-refractivity contribution >= 4 is 21.4 Å². The lowest BCUT2D eigenvalue weighted by molar-refractivity contribution is 0.415. The molecule has 2 N–H and O–H groups in total. The highest BCUT2D eigenvalue weighted by molar-refractivity contribution is 7.17. The van der Waals surface area contributed by atoms with Gasteiger partial charge in [0.15, 0.2) is 0 Å². The third-order valence-electron chi connectivity index (χ3n) is 2.28. The Bertz CT molecular complexity index is 436. The summed E-state index contributed by atoms with van der Waals surface area (Å²) in [5, 5.41) is 3.48. The van der Waals surface area contributed by atoms with Gasteiger partial charge in [0.05, 0.1) is 7.11 Å². The molecule has 0 spiro atoms. The Hall–Kier alpha value is -1.06. The summed E-state index contributed by atoms with van der Waals surface area (Å²) in [6.07, 6.45) is 0.951. The maximum absolute atomic E-state index is 5.55. The molecule has 1 aromatic heterocycles. The molecule has 2 nitrogen and oxygen atoms in total. The van der Waals surface area contributed by atoms with Crippen molar-refractivity contribution in [3.05, 3.63) is 29.1 Å². The Morgan fingerprint density at radius 2 is 2.29 bits per heavy atom. The first-order valence-electron chi connectivity index (χ1n) is 4.59. The van der Waals surface area contributed by atoms with E-state index in [1.54, 1.807) is 18.4 Å². The molecule has 74 valence electrons. The lowest BCUT2D eigenvalue weighted by Crippen LogP contribution is -2.01. The van der Waals surface area contributed by atoms with Crippen molar-refractivity contribution in [2.24, 2.45) is 5.73 Å². The lowest BCUT2D eigenvalue weighted by Gasteiger charge is -2.00. The zero-order chi connectivity index (χ0) is 9.97. The molecule has 0 saturated heterocycles. The monoisotopic (exact) mass is 207 g/mol. The highest BCUT2D eigenvalue weighted by atomic mass is 32.1. The van der Waals surface area contributed by atoms with Crippen molar-refractivity contribution in [3.8, 4) is 5.75 Å². The van der Waals surface area contributed by atoms with E-state index in [2.05, 4.69) is 17.5 Å². The van der Waals surface area contributed by atoms with Crippen LogP contribution in [0.2, 0.25) is 0 Å². The molecule has 0 aliphatic carbocycles. The topological polar surface area (TPSA) is 35.2 Å². The Balaban J connectivity index is 2.48. The molecule has 0 saturated carbocycles. The van der Waals surface area contributed by atoms with Crippen LogP contribution in [0.4, 0.5) is 0 Å². The normalized spacial score (nSPS) is 10.7. The fourth-order valence-electron chi connectivity index (χ4n) is 1.54. The second-order valence-electron chi connectivity index (χ2n) is 3.16. The third-order valence-corrected chi connectivity index (χ3v) is 3.27. The van der Waals surface area contributed by atoms with Gasteiger partial charge in [-0.3, -0.25) is 0 Å². The van der Waals surface area contributed by atoms with Gasteiger partial charge in [-0.05, 0) is 47.5 Å². The lowest BCUT2D eigenvalue weighted by atomic mass is 10.1. The van der Waals surface area contributed by atoms with Crippen LogP contribution in [0.3, 0.4) is 0 Å². The van der Waals surface area contributed by atoms with Crippen LogP contribution in [-0.2, 0) is 6.42 Å². The van der Waals surface area contributed by atoms with E-state index in [1.165, 1.54) is 15.6 Å². The quantitative estimate of drug-likeness (QED) is 0.838. The zero-order valence-corrected chi connectivity index (χ0v) is 8.93. The average molecular weight is 207 g/mol. The molecular weight excluding hydrogens is 194 g/mol. The van der Waals surface area contributed by atoms with Crippen LogP contribution in [-0.4, -0.2) is 13.7 Å². The Morgan fingerprint density at radius 3 is 3.00 bits per heavy atom. The molecule has 0 aliphatic heterocycles. The minimum atomic E-state index is 0.706. The van der Waals surface area contributed by atoms with Gasteiger partial charge >= 0.3 is 0 Å². The Kier molecular flexibility index (Phi) is 2.70. The molecular formula is C11H13NOS. The molecule has 3 heteroatoms. The zero-order valence-electron chi connectivity index (χ0n) is 8.12. The number of rotatable bonds is 3. The second kappa shape index (κ2) is 3.98. The minimum absolute atomic E-state index is 0.706. The van der Waals surface area contributed by atoms with Crippen LogP contribution in [0.1, 0.15) is 5.56 Å². The number of methoxy groups -OCH3 is 1. The van der Waals surface area contributed by atoms with Gasteiger partial charge in [0.25, 0.3) is 0 Å². The number of benzene rings is 1. The van der Waals surface area contributed by atoms with Crippen LogP contribution in [0.15, 0.2) is 23.6 Å². The first kappa shape index (κ1) is 9.49. The van der Waals surface area contributed by atoms with E-state index in [0.717, 1.165) is 12.2 Å². The van der Waals surface area contributed by atoms with Gasteiger partial charge in [0.2, 0.25) is 0 Å². The second-order valence-corrected chi connectivity index (χ2v) is 4.07. The number of nitrogens with two attached hydrogens (primary N) is 1. The summed E-state index contributed by atoms with van der Waals surface area (Å²) < 4.78 is 6.44. The molecule has 14 heavy (non-hydrogen) atoms. The van der Waals surface area contributed by atoms with Crippen LogP contribution in [0.25, 0.3) is 10.1 Å². The van der Waals surface area contributed by atoms with Crippen molar-refractivity contribution in [1.29, 1.82) is 0 Å². The van der Waals surface area contributed by atoms with Gasteiger partial charge in [-0.15, -0.1) is 11.3 Å². The molecule has 2 rings (SSSR count). The van der Waals surface area contributed by atoms with E-state index in [4.69, 9.17) is 10.5 Å². The third kappa shape index (κ3) is 1.61. The molecule has 0 amide bonds. The number of hydrogen-bond donors (Lipinski definition) is 1. The first-order valence-corrected chi connectivity index (χ1v) is 5.47. The Morgan fingerprint density at radius 1 is 1.43 bits per heavy atom. The van der Waals surface area contributed by atoms with E-state index < -0.39 is 0 Å². The molecule has 2 aromatic rings. The van der Waals surface area contributed by atoms with Gasteiger partial charge in [-0.1, -0.05) is 0 Å². The summed E-state index contributed by atoms with van der Waals surface area (Å²) in [4.78, 5) is 0. The smallest absolute Gasteiger partial charge is 0.120 e. The predicted octanol–water partition coefficient (Wildman–Crippen LogP) is 2.41. The Labute approximate surface area is 87.3 Å². The summed E-state index contributed by atoms with van der Waals surface area (Å²) in [7, 11) is 1.69. The molecule has 0 unspecified atom stereocenters. The predicted molar refractivity (Wildman–Crippen MR) is 61.1 cm³/mol. The van der Waals surface area contributed by atoms with Crippen LogP contribution in [0, 0.1) is 0 Å². The van der Waals surface area contributed by atoms with E-state index >= 15 is 0 Å². The van der Waals surface area contributed by atoms with Crippen LogP contribution < -0.4 is 10.5 Å². The van der Waals surface area contributed by atoms with Crippen molar-refractivity contribution in [3.63, 3.8) is 0 Å². The van der Waals surface area contributed by atoms with Crippen molar-refractivity contribution in [1.82, 2.24) is 0 Å². The van der Waals surface area contributed by atoms with Crippen molar-refractivity contribution in [2.45, 2.75) is 6.42 Å². The fraction of sp³-hybridized carbons (Fsp3) is 0.273. The number of ether oxygens (including phenoxy) is 1. The van der Waals surface area contributed by atoms with E-state index in [0.29, 0.717) is 6.54 Å². The van der Waals surface area contributed by atoms with Crippen molar-refractivity contribution in [2.75, 3.05) is 13.7 Å². The summed E-state index contributed by atoms with van der Waals surface area (Å²) in [6.45, 7) is 0.706. The van der Waals surface area contributed by atoms with E-state index in [9.17, 15) is 0 Å². The average Bonchev–Trinajstić information content (AvgIpc) is 2.61. The standard InChI is InChI=1S/C11H13NOS/c1-13-9-2-3-10-8(4-5-12)7-14-11(10)6-9/h2-3,6-7H,4-5,12H2,1H3. The SMILES string of the molecule is COc1ccc2c(CCN)csc2c1. The van der Waals surface area contributed by atoms with Gasteiger partial charge in [0, 0.05) is 4.70 Å². The van der Waals surface area contributed by atoms with Crippen molar-refractivity contribution < 1.29 is 4.74 Å². The van der Waals surface area contributed by atoms with Gasteiger partial charge in [0.1, 0.15) is 5.75 Å². The van der Waals surface area contributed by atoms with E-state index in [-0.39, 0.29) is 0 Å². The molecule has 0 atom stereocenters. The molecule has 0 aliphatic rings. The number of hydrogen-bond acceptors (Lipinski definition) is 3. The fourth-order valence-corrected chi connectivity index (χ4v) is 2.56. The largest absolute Gasteiger partial charge is 0.497 e. The number of thiophene rings is 1. The maximum atomic E-state index is 5.55. The number of fused-ring (bicyclic) bond motifs is 1. The summed E-state index contributed by atoms with van der Waals surface area (Å²) in [5.41, 5.74) is 6.89. The maximum Gasteiger partial charge on any atom is 0.120 e. The first-order chi connectivity index (χ1) is 6.85. The molecule has 1 heterocycles. The summed E-state index contributed by atoms with van der Waals surface area (Å²) >= 11 is 1.75. The molecule has 0 fully saturated rings. The highest BCUT2D eigenvalue weighted by Crippen LogP contribution is 2.29. The summed E-state index contributed by atoms with van der Waals surface area (Å²) in [5.74, 6) is 0.915. The highest BCUT2D eigenvalue weighted by Gasteiger charge is 2.03. The molecule has 0 bridgehead atoms. The van der Waals surface area contributed by atoms with E-state index in [1.807, 2.05) is 6.07 Å². The van der Waals surface area contributed by atoms with Crippen LogP contribution in [0.5, 0.6) is 5.75 Å².